The molecule has 1 amide bonds. The zero-order valence-corrected chi connectivity index (χ0v) is 12.9. The second-order valence-corrected chi connectivity index (χ2v) is 5.81. The molecule has 2 N–H and O–H groups in total. The van der Waals surface area contributed by atoms with E-state index in [2.05, 4.69) is 10.1 Å². The number of benzene rings is 1. The third-order valence-electron chi connectivity index (χ3n) is 3.86. The molecule has 23 heavy (non-hydrogen) atoms. The van der Waals surface area contributed by atoms with Crippen LogP contribution in [0.1, 0.15) is 25.7 Å². The monoisotopic (exact) mass is 347 g/mol. The fourth-order valence-corrected chi connectivity index (χ4v) is 2.84. The highest BCUT2D eigenvalue weighted by Crippen LogP contribution is 2.32. The first-order valence-electron chi connectivity index (χ1n) is 7.15. The molecule has 0 spiro atoms. The first-order chi connectivity index (χ1) is 10.9. The molecule has 2 rings (SSSR count). The molecule has 0 aromatic heterocycles. The normalized spacial score (nSPS) is 21.0. The van der Waals surface area contributed by atoms with E-state index < -0.39 is 12.6 Å². The number of carbonyl (C=O) groups is 2. The summed E-state index contributed by atoms with van der Waals surface area (Å²) in [6, 6.07) is 4.01. The van der Waals surface area contributed by atoms with Gasteiger partial charge >= 0.3 is 12.6 Å². The van der Waals surface area contributed by atoms with Gasteiger partial charge in [0.25, 0.3) is 0 Å². The third-order valence-corrected chi connectivity index (χ3v) is 4.16. The van der Waals surface area contributed by atoms with Crippen molar-refractivity contribution in [1.29, 1.82) is 0 Å². The molecule has 0 unspecified atom stereocenters. The van der Waals surface area contributed by atoms with Gasteiger partial charge in [-0.15, -0.1) is 0 Å². The summed E-state index contributed by atoms with van der Waals surface area (Å²) in [5.41, 5.74) is 0.377. The Hall–Kier alpha value is -1.89. The molecule has 1 saturated carbocycles. The highest BCUT2D eigenvalue weighted by atomic mass is 35.5. The van der Waals surface area contributed by atoms with Crippen molar-refractivity contribution in [1.82, 2.24) is 0 Å². The SMILES string of the molecule is O=C(O)C1CCC(C(=O)Nc2ccc(OC(F)F)c(Cl)c2)CC1. The van der Waals surface area contributed by atoms with Crippen LogP contribution < -0.4 is 10.1 Å². The molecule has 1 aliphatic rings. The summed E-state index contributed by atoms with van der Waals surface area (Å²) >= 11 is 5.82. The Morgan fingerprint density at radius 3 is 2.35 bits per heavy atom. The molecule has 126 valence electrons. The van der Waals surface area contributed by atoms with Gasteiger partial charge in [-0.1, -0.05) is 11.6 Å². The predicted molar refractivity (Wildman–Crippen MR) is 79.8 cm³/mol. The van der Waals surface area contributed by atoms with Crippen molar-refractivity contribution in [3.8, 4) is 5.75 Å². The van der Waals surface area contributed by atoms with Crippen molar-refractivity contribution in [2.75, 3.05) is 5.32 Å². The number of nitrogens with one attached hydrogen (secondary N) is 1. The van der Waals surface area contributed by atoms with E-state index in [1.165, 1.54) is 18.2 Å². The Balaban J connectivity index is 1.93. The molecule has 1 fully saturated rings. The van der Waals surface area contributed by atoms with Crippen LogP contribution in [0.15, 0.2) is 18.2 Å². The van der Waals surface area contributed by atoms with Gasteiger partial charge in [-0.25, -0.2) is 0 Å². The molecule has 0 saturated heterocycles. The van der Waals surface area contributed by atoms with Crippen LogP contribution in [0.3, 0.4) is 0 Å². The Labute approximate surface area is 136 Å². The zero-order chi connectivity index (χ0) is 17.0. The number of carboxylic acid groups (broad SMARTS) is 1. The summed E-state index contributed by atoms with van der Waals surface area (Å²) < 4.78 is 28.5. The number of alkyl halides is 2. The van der Waals surface area contributed by atoms with Crippen molar-refractivity contribution < 1.29 is 28.2 Å². The summed E-state index contributed by atoms with van der Waals surface area (Å²) in [7, 11) is 0. The Bertz CT molecular complexity index is 589. The lowest BCUT2D eigenvalue weighted by molar-refractivity contribution is -0.143. The van der Waals surface area contributed by atoms with Crippen LogP contribution in [0.25, 0.3) is 0 Å². The number of hydrogen-bond donors (Lipinski definition) is 2. The third kappa shape index (κ3) is 4.79. The number of rotatable bonds is 5. The number of anilines is 1. The number of aliphatic carboxylic acids is 1. The van der Waals surface area contributed by atoms with Gasteiger partial charge < -0.3 is 15.2 Å². The smallest absolute Gasteiger partial charge is 0.387 e. The largest absolute Gasteiger partial charge is 0.481 e. The average Bonchev–Trinajstić information content (AvgIpc) is 2.49. The lowest BCUT2D eigenvalue weighted by Gasteiger charge is -2.25. The summed E-state index contributed by atoms with van der Waals surface area (Å²) in [5, 5.41) is 11.6. The van der Waals surface area contributed by atoms with E-state index in [4.69, 9.17) is 16.7 Å². The first-order valence-corrected chi connectivity index (χ1v) is 7.52. The quantitative estimate of drug-likeness (QED) is 0.850. The maximum absolute atomic E-state index is 12.2. The van der Waals surface area contributed by atoms with Crippen molar-refractivity contribution >= 4 is 29.2 Å². The minimum atomic E-state index is -2.97. The number of hydrogen-bond acceptors (Lipinski definition) is 3. The molecule has 1 aliphatic carbocycles. The van der Waals surface area contributed by atoms with Crippen molar-refractivity contribution in [3.63, 3.8) is 0 Å². The van der Waals surface area contributed by atoms with Crippen LogP contribution in [0.4, 0.5) is 14.5 Å². The van der Waals surface area contributed by atoms with E-state index in [1.807, 2.05) is 0 Å². The van der Waals surface area contributed by atoms with E-state index in [-0.39, 0.29) is 28.5 Å². The zero-order valence-electron chi connectivity index (χ0n) is 12.1. The number of amides is 1. The Morgan fingerprint density at radius 2 is 1.83 bits per heavy atom. The second kappa shape index (κ2) is 7.59. The van der Waals surface area contributed by atoms with Crippen LogP contribution >= 0.6 is 11.6 Å². The standard InChI is InChI=1S/C15H16ClF2NO4/c16-11-7-10(5-6-12(11)23-15(17)18)19-13(20)8-1-3-9(4-2-8)14(21)22/h5-9,15H,1-4H2,(H,19,20)(H,21,22). The predicted octanol–water partition coefficient (Wildman–Crippen LogP) is 3.77. The topological polar surface area (TPSA) is 75.6 Å². The fourth-order valence-electron chi connectivity index (χ4n) is 2.62. The summed E-state index contributed by atoms with van der Waals surface area (Å²) in [4.78, 5) is 23.1. The van der Waals surface area contributed by atoms with Crippen LogP contribution in [-0.4, -0.2) is 23.6 Å². The van der Waals surface area contributed by atoms with Crippen molar-refractivity contribution in [2.45, 2.75) is 32.3 Å². The van der Waals surface area contributed by atoms with E-state index in [1.54, 1.807) is 0 Å². The minimum absolute atomic E-state index is 0.0299. The van der Waals surface area contributed by atoms with Gasteiger partial charge in [0.2, 0.25) is 5.91 Å². The van der Waals surface area contributed by atoms with Crippen LogP contribution in [0, 0.1) is 11.8 Å². The van der Waals surface area contributed by atoms with Gasteiger partial charge in [0, 0.05) is 11.6 Å². The van der Waals surface area contributed by atoms with Crippen LogP contribution in [-0.2, 0) is 9.59 Å². The molecule has 0 atom stereocenters. The van der Waals surface area contributed by atoms with Gasteiger partial charge in [0.1, 0.15) is 5.75 Å². The highest BCUT2D eigenvalue weighted by molar-refractivity contribution is 6.32. The Kier molecular flexibility index (Phi) is 5.76. The second-order valence-electron chi connectivity index (χ2n) is 5.40. The highest BCUT2D eigenvalue weighted by Gasteiger charge is 2.29. The summed E-state index contributed by atoms with van der Waals surface area (Å²) in [6.45, 7) is -2.97. The lowest BCUT2D eigenvalue weighted by Crippen LogP contribution is -2.29. The number of carbonyl (C=O) groups excluding carboxylic acids is 1. The minimum Gasteiger partial charge on any atom is -0.481 e. The molecule has 0 bridgehead atoms. The summed E-state index contributed by atoms with van der Waals surface area (Å²) in [6.07, 6.45) is 1.94. The van der Waals surface area contributed by atoms with Gasteiger partial charge in [0.15, 0.2) is 0 Å². The molecule has 1 aromatic carbocycles. The molecule has 0 heterocycles. The number of ether oxygens (including phenoxy) is 1. The molecular formula is C15H16ClF2NO4. The van der Waals surface area contributed by atoms with Gasteiger partial charge in [-0.3, -0.25) is 9.59 Å². The lowest BCUT2D eigenvalue weighted by atomic mass is 9.81. The number of carboxylic acids is 1. The molecular weight excluding hydrogens is 332 g/mol. The van der Waals surface area contributed by atoms with Gasteiger partial charge in [-0.2, -0.15) is 8.78 Å². The average molecular weight is 348 g/mol. The molecule has 0 aliphatic heterocycles. The first kappa shape index (κ1) is 17.5. The maximum Gasteiger partial charge on any atom is 0.387 e. The van der Waals surface area contributed by atoms with Crippen LogP contribution in [0.2, 0.25) is 5.02 Å². The summed E-state index contributed by atoms with van der Waals surface area (Å²) in [5.74, 6) is -1.88. The van der Waals surface area contributed by atoms with Gasteiger partial charge in [0.05, 0.1) is 10.9 Å². The Morgan fingerprint density at radius 1 is 1.22 bits per heavy atom. The maximum atomic E-state index is 12.2. The fraction of sp³-hybridized carbons (Fsp3) is 0.467. The van der Waals surface area contributed by atoms with Crippen LogP contribution in [0.5, 0.6) is 5.75 Å². The molecule has 5 nitrogen and oxygen atoms in total. The molecule has 8 heteroatoms. The molecule has 0 radical (unpaired) electrons. The van der Waals surface area contributed by atoms with E-state index in [0.717, 1.165) is 0 Å². The molecule has 1 aromatic rings. The number of halogens is 3. The van der Waals surface area contributed by atoms with E-state index in [0.29, 0.717) is 31.4 Å². The van der Waals surface area contributed by atoms with Gasteiger partial charge in [-0.05, 0) is 43.9 Å². The van der Waals surface area contributed by atoms with E-state index >= 15 is 0 Å². The van der Waals surface area contributed by atoms with E-state index in [9.17, 15) is 18.4 Å². The van der Waals surface area contributed by atoms with Crippen molar-refractivity contribution in [2.24, 2.45) is 11.8 Å². The van der Waals surface area contributed by atoms with Crippen molar-refractivity contribution in [3.05, 3.63) is 23.2 Å².